The van der Waals surface area contributed by atoms with Gasteiger partial charge < -0.3 is 10.4 Å². The van der Waals surface area contributed by atoms with E-state index in [0.717, 1.165) is 11.1 Å². The molecule has 7 heteroatoms. The van der Waals surface area contributed by atoms with Crippen molar-refractivity contribution < 1.29 is 19.1 Å². The number of carbonyl (C=O) groups is 2. The van der Waals surface area contributed by atoms with Crippen LogP contribution in [-0.2, 0) is 15.0 Å². The maximum absolute atomic E-state index is 15.4. The van der Waals surface area contributed by atoms with Crippen LogP contribution < -0.4 is 10.6 Å². The molecule has 1 fully saturated rings. The lowest BCUT2D eigenvalue weighted by molar-refractivity contribution is -0.139. The molecule has 0 aliphatic carbocycles. The molecule has 2 aromatic carbocycles. The molecule has 31 heavy (non-hydrogen) atoms. The zero-order valence-corrected chi connectivity index (χ0v) is 19.5. The first-order valence-corrected chi connectivity index (χ1v) is 11.1. The van der Waals surface area contributed by atoms with Gasteiger partial charge in [-0.2, -0.15) is 0 Å². The molecule has 1 amide bonds. The Morgan fingerprint density at radius 1 is 1.26 bits per heavy atom. The summed E-state index contributed by atoms with van der Waals surface area (Å²) < 4.78 is 15.6. The predicted octanol–water partition coefficient (Wildman–Crippen LogP) is 4.73. The molecule has 3 N–H and O–H groups in total. The molecule has 2 aliphatic rings. The number of fused-ring (bicyclic) bond motifs is 2. The zero-order chi connectivity index (χ0) is 22.7. The molecule has 0 radical (unpaired) electrons. The van der Waals surface area contributed by atoms with E-state index < -0.39 is 35.2 Å². The van der Waals surface area contributed by atoms with Crippen LogP contribution in [0.15, 0.2) is 40.9 Å². The Bertz CT molecular complexity index is 1080. The monoisotopic (exact) mass is 488 g/mol. The highest BCUT2D eigenvalue weighted by Gasteiger charge is 2.66. The van der Waals surface area contributed by atoms with Crippen molar-refractivity contribution >= 4 is 33.5 Å². The summed E-state index contributed by atoms with van der Waals surface area (Å²) in [4.78, 5) is 26.1. The van der Waals surface area contributed by atoms with E-state index in [2.05, 4.69) is 26.6 Å². The second-order valence-corrected chi connectivity index (χ2v) is 10.6. The predicted molar refractivity (Wildman–Crippen MR) is 121 cm³/mol. The van der Waals surface area contributed by atoms with Gasteiger partial charge in [-0.1, -0.05) is 45.0 Å². The Labute approximate surface area is 189 Å². The number of halogens is 2. The van der Waals surface area contributed by atoms with Crippen molar-refractivity contribution in [3.8, 4) is 0 Å². The number of rotatable bonds is 3. The fourth-order valence-electron chi connectivity index (χ4n) is 5.28. The van der Waals surface area contributed by atoms with E-state index in [4.69, 9.17) is 0 Å². The number of anilines is 1. The van der Waals surface area contributed by atoms with E-state index in [9.17, 15) is 14.7 Å². The molecule has 2 aromatic rings. The lowest BCUT2D eigenvalue weighted by Gasteiger charge is -2.37. The number of carboxylic acids is 1. The number of nitrogens with one attached hydrogen (secondary N) is 2. The van der Waals surface area contributed by atoms with E-state index in [0.29, 0.717) is 12.1 Å². The molecule has 1 saturated heterocycles. The highest BCUT2D eigenvalue weighted by molar-refractivity contribution is 9.10. The van der Waals surface area contributed by atoms with Crippen molar-refractivity contribution in [3.05, 3.63) is 63.4 Å². The molecule has 2 heterocycles. The molecule has 4 atom stereocenters. The van der Waals surface area contributed by atoms with E-state index >= 15 is 4.39 Å². The quantitative estimate of drug-likeness (QED) is 0.583. The third kappa shape index (κ3) is 3.38. The Balaban J connectivity index is 2.04. The van der Waals surface area contributed by atoms with Gasteiger partial charge in [0.15, 0.2) is 0 Å². The van der Waals surface area contributed by atoms with Gasteiger partial charge >= 0.3 is 5.97 Å². The van der Waals surface area contributed by atoms with Crippen LogP contribution in [0.1, 0.15) is 49.8 Å². The number of hydrogen-bond acceptors (Lipinski definition) is 3. The normalized spacial score (nSPS) is 27.4. The van der Waals surface area contributed by atoms with Crippen LogP contribution in [0, 0.1) is 18.2 Å². The summed E-state index contributed by atoms with van der Waals surface area (Å²) in [7, 11) is 0. The summed E-state index contributed by atoms with van der Waals surface area (Å²) >= 11 is 3.22. The first-order valence-electron chi connectivity index (χ1n) is 10.3. The van der Waals surface area contributed by atoms with E-state index in [1.807, 2.05) is 45.9 Å². The number of carboxylic acid groups (broad SMARTS) is 1. The number of carbonyl (C=O) groups excluding carboxylic acids is 1. The van der Waals surface area contributed by atoms with E-state index in [1.54, 1.807) is 18.2 Å². The Morgan fingerprint density at radius 2 is 1.97 bits per heavy atom. The van der Waals surface area contributed by atoms with Crippen molar-refractivity contribution in [1.82, 2.24) is 5.32 Å². The van der Waals surface area contributed by atoms with Crippen molar-refractivity contribution in [2.24, 2.45) is 5.41 Å². The molecule has 5 nitrogen and oxygen atoms in total. The molecule has 2 unspecified atom stereocenters. The third-order valence-electron chi connectivity index (χ3n) is 6.40. The van der Waals surface area contributed by atoms with Crippen molar-refractivity contribution in [3.63, 3.8) is 0 Å². The molecule has 0 saturated carbocycles. The molecule has 0 bridgehead atoms. The van der Waals surface area contributed by atoms with Gasteiger partial charge in [-0.25, -0.2) is 4.39 Å². The van der Waals surface area contributed by atoms with E-state index in [1.165, 1.54) is 0 Å². The Kier molecular flexibility index (Phi) is 5.25. The van der Waals surface area contributed by atoms with Crippen LogP contribution >= 0.6 is 15.9 Å². The van der Waals surface area contributed by atoms with Crippen molar-refractivity contribution in [2.45, 2.75) is 57.5 Å². The minimum Gasteiger partial charge on any atom is -0.480 e. The zero-order valence-electron chi connectivity index (χ0n) is 17.9. The average molecular weight is 489 g/mol. The maximum Gasteiger partial charge on any atom is 0.321 e. The van der Waals surface area contributed by atoms with Gasteiger partial charge in [-0.3, -0.25) is 14.9 Å². The van der Waals surface area contributed by atoms with Gasteiger partial charge in [0.25, 0.3) is 0 Å². The Hall–Kier alpha value is -2.25. The van der Waals surface area contributed by atoms with Gasteiger partial charge in [0.2, 0.25) is 5.91 Å². The fourth-order valence-corrected chi connectivity index (χ4v) is 5.66. The molecule has 4 rings (SSSR count). The van der Waals surface area contributed by atoms with Crippen LogP contribution in [0.25, 0.3) is 0 Å². The van der Waals surface area contributed by atoms with Gasteiger partial charge in [0, 0.05) is 17.6 Å². The van der Waals surface area contributed by atoms with Crippen molar-refractivity contribution in [2.75, 3.05) is 5.32 Å². The molecule has 0 aromatic heterocycles. The third-order valence-corrected chi connectivity index (χ3v) is 7.01. The number of amides is 1. The molecule has 1 spiro atoms. The summed E-state index contributed by atoms with van der Waals surface area (Å²) in [6, 6.07) is 8.92. The summed E-state index contributed by atoms with van der Waals surface area (Å²) in [5.74, 6) is -2.85. The highest BCUT2D eigenvalue weighted by Crippen LogP contribution is 2.56. The smallest absolute Gasteiger partial charge is 0.321 e. The fraction of sp³-hybridized carbons (Fsp3) is 0.417. The summed E-state index contributed by atoms with van der Waals surface area (Å²) in [6.07, 6.45) is 0.545. The average Bonchev–Trinajstić information content (AvgIpc) is 3.12. The highest BCUT2D eigenvalue weighted by atomic mass is 79.9. The number of hydrogen-bond donors (Lipinski definition) is 3. The Morgan fingerprint density at radius 3 is 2.61 bits per heavy atom. The first-order chi connectivity index (χ1) is 14.5. The topological polar surface area (TPSA) is 78.4 Å². The summed E-state index contributed by atoms with van der Waals surface area (Å²) in [6.45, 7) is 8.08. The van der Waals surface area contributed by atoms with E-state index in [-0.39, 0.29) is 21.4 Å². The van der Waals surface area contributed by atoms with Crippen LogP contribution in [0.3, 0.4) is 0 Å². The molecular formula is C24H26BrFN2O3. The largest absolute Gasteiger partial charge is 0.480 e. The second-order valence-electron chi connectivity index (χ2n) is 9.79. The van der Waals surface area contributed by atoms with Crippen LogP contribution in [0.4, 0.5) is 10.1 Å². The maximum atomic E-state index is 15.4. The first kappa shape index (κ1) is 22.0. The summed E-state index contributed by atoms with van der Waals surface area (Å²) in [5, 5.41) is 16.3. The second kappa shape index (κ2) is 7.41. The van der Waals surface area contributed by atoms with Crippen LogP contribution in [-0.4, -0.2) is 29.1 Å². The van der Waals surface area contributed by atoms with Crippen LogP contribution in [0.2, 0.25) is 0 Å². The standard InChI is InChI=1S/C24H26BrFN2O3/c1-12-8-9-14-16(10-12)27-22(31)24(14)17(11-23(2,3)4)28-20(21(29)30)18(24)13-6-5-7-15(25)19(13)26/h5-10,17-18,20,28H,11H2,1-4H3,(H,27,31)(H,29,30)/t17?,18?,20-,24-/m1/s1. The van der Waals surface area contributed by atoms with Crippen molar-refractivity contribution in [1.29, 1.82) is 0 Å². The number of benzene rings is 2. The minimum absolute atomic E-state index is 0.188. The van der Waals surface area contributed by atoms with Crippen LogP contribution in [0.5, 0.6) is 0 Å². The molecular weight excluding hydrogens is 463 g/mol. The number of aliphatic carboxylic acids is 1. The van der Waals surface area contributed by atoms with Gasteiger partial charge in [-0.05, 0) is 63.5 Å². The SMILES string of the molecule is Cc1ccc2c(c1)NC(=O)[C@@]21C(CC(C)(C)C)N[C@@H](C(=O)O)C1c1cccc(Br)c1F. The van der Waals surface area contributed by atoms with Gasteiger partial charge in [0.05, 0.1) is 4.47 Å². The summed E-state index contributed by atoms with van der Waals surface area (Å²) in [5.41, 5.74) is 1.14. The van der Waals surface area contributed by atoms with Gasteiger partial charge in [0.1, 0.15) is 17.3 Å². The number of aryl methyl sites for hydroxylation is 1. The minimum atomic E-state index is -1.25. The molecule has 164 valence electrons. The lowest BCUT2D eigenvalue weighted by atomic mass is 9.62. The lowest BCUT2D eigenvalue weighted by Crippen LogP contribution is -2.49. The van der Waals surface area contributed by atoms with Gasteiger partial charge in [-0.15, -0.1) is 0 Å². The molecule has 2 aliphatic heterocycles.